The van der Waals surface area contributed by atoms with Crippen LogP contribution < -0.4 is 29.6 Å². The molecule has 4 heterocycles. The molecule has 0 aliphatic carbocycles. The molecule has 43 heavy (non-hydrogen) atoms. The standard InChI is InChI=1S/C31H32N6O6/c1-39-21-6-3-5-20(15-21)37-25-17-28-27(41-13-14-42-28)16-22(25)35-29(37)8-11-32-12-9-30-36-24(19-43-30)31(38)34-18-23-26(40-2)7-4-10-33-23/h3-7,10,15-17,19,32H,8-9,11-14,18H2,1-2H3,(H,34,38). The largest absolute Gasteiger partial charge is 0.497 e. The second-order valence-corrected chi connectivity index (χ2v) is 9.76. The summed E-state index contributed by atoms with van der Waals surface area (Å²) < 4.78 is 30.0. The molecule has 0 fully saturated rings. The number of imidazole rings is 1. The highest BCUT2D eigenvalue weighted by atomic mass is 16.6. The number of oxazole rings is 1. The van der Waals surface area contributed by atoms with E-state index in [4.69, 9.17) is 28.3 Å². The number of nitrogens with one attached hydrogen (secondary N) is 2. The van der Waals surface area contributed by atoms with Crippen LogP contribution in [0.3, 0.4) is 0 Å². The molecule has 2 aromatic carbocycles. The Labute approximate surface area is 248 Å². The van der Waals surface area contributed by atoms with Crippen molar-refractivity contribution in [3.63, 3.8) is 0 Å². The number of nitrogens with zero attached hydrogens (tertiary/aromatic N) is 4. The van der Waals surface area contributed by atoms with Gasteiger partial charge in [-0.05, 0) is 24.3 Å². The van der Waals surface area contributed by atoms with Crippen LogP contribution in [-0.4, -0.2) is 65.9 Å². The molecular weight excluding hydrogens is 552 g/mol. The van der Waals surface area contributed by atoms with Crippen molar-refractivity contribution in [2.75, 3.05) is 40.5 Å². The van der Waals surface area contributed by atoms with Crippen molar-refractivity contribution in [3.8, 4) is 28.7 Å². The molecule has 0 radical (unpaired) electrons. The summed E-state index contributed by atoms with van der Waals surface area (Å²) in [6.07, 6.45) is 4.20. The smallest absolute Gasteiger partial charge is 0.273 e. The van der Waals surface area contributed by atoms with Crippen molar-refractivity contribution in [2.45, 2.75) is 19.4 Å². The van der Waals surface area contributed by atoms with Crippen LogP contribution in [0, 0.1) is 0 Å². The second-order valence-electron chi connectivity index (χ2n) is 9.76. The van der Waals surface area contributed by atoms with Crippen LogP contribution >= 0.6 is 0 Å². The van der Waals surface area contributed by atoms with E-state index in [-0.39, 0.29) is 18.1 Å². The van der Waals surface area contributed by atoms with Crippen LogP contribution in [0.4, 0.5) is 0 Å². The maximum atomic E-state index is 12.6. The fraction of sp³-hybridized carbons (Fsp3) is 0.290. The molecule has 1 aliphatic rings. The van der Waals surface area contributed by atoms with Gasteiger partial charge in [-0.1, -0.05) is 6.07 Å². The third-order valence-corrected chi connectivity index (χ3v) is 7.01. The number of methoxy groups -OCH3 is 2. The number of fused-ring (bicyclic) bond motifs is 2. The van der Waals surface area contributed by atoms with Gasteiger partial charge in [-0.2, -0.15) is 0 Å². The molecule has 1 amide bonds. The minimum Gasteiger partial charge on any atom is -0.497 e. The number of amides is 1. The molecule has 0 saturated heterocycles. The first kappa shape index (κ1) is 28.0. The molecule has 0 spiro atoms. The quantitative estimate of drug-likeness (QED) is 0.210. The van der Waals surface area contributed by atoms with Gasteiger partial charge in [0.1, 0.15) is 42.5 Å². The summed E-state index contributed by atoms with van der Waals surface area (Å²) in [5.41, 5.74) is 3.55. The second kappa shape index (κ2) is 12.8. The molecule has 3 aromatic heterocycles. The van der Waals surface area contributed by atoms with Gasteiger partial charge in [-0.3, -0.25) is 14.3 Å². The summed E-state index contributed by atoms with van der Waals surface area (Å²) in [7, 11) is 3.22. The van der Waals surface area contributed by atoms with E-state index < -0.39 is 0 Å². The predicted molar refractivity (Wildman–Crippen MR) is 157 cm³/mol. The summed E-state index contributed by atoms with van der Waals surface area (Å²) in [6, 6.07) is 15.4. The molecule has 2 N–H and O–H groups in total. The van der Waals surface area contributed by atoms with E-state index in [1.807, 2.05) is 36.4 Å². The Morgan fingerprint density at radius 1 is 0.977 bits per heavy atom. The van der Waals surface area contributed by atoms with Crippen LogP contribution in [0.2, 0.25) is 0 Å². The van der Waals surface area contributed by atoms with Crippen LogP contribution in [0.25, 0.3) is 16.7 Å². The first-order valence-corrected chi connectivity index (χ1v) is 14.0. The van der Waals surface area contributed by atoms with Crippen molar-refractivity contribution >= 4 is 16.9 Å². The van der Waals surface area contributed by atoms with Crippen molar-refractivity contribution in [1.82, 2.24) is 30.2 Å². The van der Waals surface area contributed by atoms with Crippen LogP contribution in [0.15, 0.2) is 65.4 Å². The maximum Gasteiger partial charge on any atom is 0.273 e. The Kier molecular flexibility index (Phi) is 8.36. The van der Waals surface area contributed by atoms with E-state index in [0.717, 1.165) is 28.3 Å². The lowest BCUT2D eigenvalue weighted by Gasteiger charge is -2.18. The number of carbonyl (C=O) groups excluding carboxylic acids is 1. The SMILES string of the molecule is COc1cccc(-n2c(CCNCCc3nc(C(=O)NCc4ncccc4OC)co3)nc3cc4c(cc32)OCCO4)c1. The molecule has 12 heteroatoms. The lowest BCUT2D eigenvalue weighted by Crippen LogP contribution is -2.24. The van der Waals surface area contributed by atoms with Gasteiger partial charge in [-0.15, -0.1) is 0 Å². The van der Waals surface area contributed by atoms with Gasteiger partial charge in [0.15, 0.2) is 23.1 Å². The van der Waals surface area contributed by atoms with E-state index in [1.165, 1.54) is 6.26 Å². The topological polar surface area (TPSA) is 135 Å². The molecule has 0 bridgehead atoms. The molecule has 5 aromatic rings. The zero-order chi connectivity index (χ0) is 29.6. The summed E-state index contributed by atoms with van der Waals surface area (Å²) in [6.45, 7) is 2.53. The number of ether oxygens (including phenoxy) is 4. The van der Waals surface area contributed by atoms with Crippen molar-refractivity contribution in [1.29, 1.82) is 0 Å². The molecule has 0 atom stereocenters. The number of hydrogen-bond acceptors (Lipinski definition) is 10. The number of rotatable bonds is 12. The van der Waals surface area contributed by atoms with Crippen molar-refractivity contribution in [2.24, 2.45) is 0 Å². The third-order valence-electron chi connectivity index (χ3n) is 7.01. The van der Waals surface area contributed by atoms with Gasteiger partial charge in [0.05, 0.1) is 37.5 Å². The first-order valence-electron chi connectivity index (χ1n) is 14.0. The minimum absolute atomic E-state index is 0.215. The van der Waals surface area contributed by atoms with Gasteiger partial charge in [-0.25, -0.2) is 9.97 Å². The number of carbonyl (C=O) groups is 1. The average Bonchev–Trinajstić information content (AvgIpc) is 3.67. The summed E-state index contributed by atoms with van der Waals surface area (Å²) >= 11 is 0. The van der Waals surface area contributed by atoms with Gasteiger partial charge >= 0.3 is 0 Å². The Balaban J connectivity index is 1.07. The summed E-state index contributed by atoms with van der Waals surface area (Å²) in [5, 5.41) is 6.23. The highest BCUT2D eigenvalue weighted by Gasteiger charge is 2.19. The highest BCUT2D eigenvalue weighted by Crippen LogP contribution is 2.36. The Hall–Kier alpha value is -5.10. The van der Waals surface area contributed by atoms with Crippen molar-refractivity contribution in [3.05, 3.63) is 84.1 Å². The Morgan fingerprint density at radius 3 is 2.65 bits per heavy atom. The number of benzene rings is 2. The molecule has 222 valence electrons. The summed E-state index contributed by atoms with van der Waals surface area (Å²) in [5.74, 6) is 3.80. The molecule has 1 aliphatic heterocycles. The average molecular weight is 585 g/mol. The fourth-order valence-electron chi connectivity index (χ4n) is 4.92. The number of pyridine rings is 1. The van der Waals surface area contributed by atoms with Gasteiger partial charge in [0.2, 0.25) is 0 Å². The number of hydrogen-bond donors (Lipinski definition) is 2. The van der Waals surface area contributed by atoms with Crippen LogP contribution in [-0.2, 0) is 19.4 Å². The normalized spacial score (nSPS) is 12.3. The zero-order valence-electron chi connectivity index (χ0n) is 24.0. The predicted octanol–water partition coefficient (Wildman–Crippen LogP) is 3.50. The van der Waals surface area contributed by atoms with E-state index in [1.54, 1.807) is 32.5 Å². The first-order chi connectivity index (χ1) is 21.1. The van der Waals surface area contributed by atoms with Gasteiger partial charge in [0.25, 0.3) is 5.91 Å². The lowest BCUT2D eigenvalue weighted by molar-refractivity contribution is 0.0945. The van der Waals surface area contributed by atoms with E-state index in [9.17, 15) is 4.79 Å². The van der Waals surface area contributed by atoms with Crippen LogP contribution in [0.1, 0.15) is 27.9 Å². The maximum absolute atomic E-state index is 12.6. The monoisotopic (exact) mass is 584 g/mol. The molecule has 0 saturated carbocycles. The fourth-order valence-corrected chi connectivity index (χ4v) is 4.92. The molecular formula is C31H32N6O6. The Bertz CT molecular complexity index is 1730. The Morgan fingerprint density at radius 2 is 1.81 bits per heavy atom. The zero-order valence-corrected chi connectivity index (χ0v) is 24.0. The van der Waals surface area contributed by atoms with Gasteiger partial charge in [0, 0.05) is 50.3 Å². The lowest BCUT2D eigenvalue weighted by atomic mass is 10.2. The van der Waals surface area contributed by atoms with Crippen molar-refractivity contribution < 1.29 is 28.2 Å². The minimum atomic E-state index is -0.343. The molecule has 6 rings (SSSR count). The molecule has 12 nitrogen and oxygen atoms in total. The van der Waals surface area contributed by atoms with E-state index >= 15 is 0 Å². The van der Waals surface area contributed by atoms with Crippen LogP contribution in [0.5, 0.6) is 23.0 Å². The molecule has 0 unspecified atom stereocenters. The summed E-state index contributed by atoms with van der Waals surface area (Å²) in [4.78, 5) is 26.1. The van der Waals surface area contributed by atoms with E-state index in [0.29, 0.717) is 68.0 Å². The van der Waals surface area contributed by atoms with Gasteiger partial charge < -0.3 is 34.0 Å². The van der Waals surface area contributed by atoms with E-state index in [2.05, 4.69) is 25.2 Å². The number of aromatic nitrogens is 4. The third kappa shape index (κ3) is 6.24. The highest BCUT2D eigenvalue weighted by molar-refractivity contribution is 5.91.